The molecule has 3 N–H and O–H groups in total. The van der Waals surface area contributed by atoms with Crippen molar-refractivity contribution in [2.24, 2.45) is 7.05 Å². The molecule has 0 aliphatic carbocycles. The molecule has 0 bridgehead atoms. The second-order valence-corrected chi connectivity index (χ2v) is 5.61. The van der Waals surface area contributed by atoms with Gasteiger partial charge in [0.1, 0.15) is 5.75 Å². The molecular weight excluding hydrogens is 272 g/mol. The zero-order chi connectivity index (χ0) is 15.3. The van der Waals surface area contributed by atoms with Gasteiger partial charge in [-0.05, 0) is 53.6 Å². The molecule has 1 heterocycles. The van der Waals surface area contributed by atoms with Crippen molar-refractivity contribution in [3.8, 4) is 16.9 Å². The SMILES string of the molecule is Cn1c2ccc(N)cc2c2cc(-c3ccc(O)cc3)ccc21. The summed E-state index contributed by atoms with van der Waals surface area (Å²) >= 11 is 0. The Hall–Kier alpha value is -2.94. The van der Waals surface area contributed by atoms with Crippen LogP contribution in [0, 0.1) is 0 Å². The largest absolute Gasteiger partial charge is 0.508 e. The first kappa shape index (κ1) is 12.8. The fourth-order valence-electron chi connectivity index (χ4n) is 3.07. The number of aryl methyl sites for hydroxylation is 1. The summed E-state index contributed by atoms with van der Waals surface area (Å²) in [6, 6.07) is 19.7. The third-order valence-corrected chi connectivity index (χ3v) is 4.23. The molecule has 3 heteroatoms. The molecule has 0 saturated carbocycles. The third-order valence-electron chi connectivity index (χ3n) is 4.23. The summed E-state index contributed by atoms with van der Waals surface area (Å²) in [4.78, 5) is 0. The molecule has 4 rings (SSSR count). The van der Waals surface area contributed by atoms with Crippen LogP contribution in [0.1, 0.15) is 0 Å². The number of aromatic nitrogens is 1. The van der Waals surface area contributed by atoms with E-state index in [1.54, 1.807) is 12.1 Å². The zero-order valence-corrected chi connectivity index (χ0v) is 12.2. The zero-order valence-electron chi connectivity index (χ0n) is 12.2. The Morgan fingerprint density at radius 2 is 1.36 bits per heavy atom. The number of hydrogen-bond acceptors (Lipinski definition) is 2. The smallest absolute Gasteiger partial charge is 0.115 e. The number of nitrogen functional groups attached to an aromatic ring is 1. The molecule has 0 aliphatic rings. The van der Waals surface area contributed by atoms with E-state index in [1.807, 2.05) is 24.3 Å². The van der Waals surface area contributed by atoms with Gasteiger partial charge in [-0.25, -0.2) is 0 Å². The number of anilines is 1. The van der Waals surface area contributed by atoms with E-state index in [1.165, 1.54) is 16.4 Å². The van der Waals surface area contributed by atoms with Crippen LogP contribution in [0.25, 0.3) is 32.9 Å². The van der Waals surface area contributed by atoms with Gasteiger partial charge in [-0.3, -0.25) is 0 Å². The Balaban J connectivity index is 2.02. The van der Waals surface area contributed by atoms with Gasteiger partial charge in [-0.2, -0.15) is 0 Å². The number of rotatable bonds is 1. The lowest BCUT2D eigenvalue weighted by Crippen LogP contribution is -1.87. The van der Waals surface area contributed by atoms with Crippen molar-refractivity contribution in [1.29, 1.82) is 0 Å². The van der Waals surface area contributed by atoms with Crippen LogP contribution >= 0.6 is 0 Å². The van der Waals surface area contributed by atoms with E-state index in [0.29, 0.717) is 0 Å². The maximum absolute atomic E-state index is 9.43. The molecule has 0 radical (unpaired) electrons. The van der Waals surface area contributed by atoms with E-state index in [0.717, 1.165) is 22.2 Å². The number of aromatic hydroxyl groups is 1. The van der Waals surface area contributed by atoms with E-state index >= 15 is 0 Å². The number of phenolic OH excluding ortho intramolecular Hbond substituents is 1. The van der Waals surface area contributed by atoms with Crippen molar-refractivity contribution in [2.75, 3.05) is 5.73 Å². The molecule has 0 atom stereocenters. The van der Waals surface area contributed by atoms with Crippen molar-refractivity contribution in [3.05, 3.63) is 60.7 Å². The van der Waals surface area contributed by atoms with Gasteiger partial charge in [0.25, 0.3) is 0 Å². The van der Waals surface area contributed by atoms with Crippen molar-refractivity contribution in [2.45, 2.75) is 0 Å². The summed E-state index contributed by atoms with van der Waals surface area (Å²) in [5, 5.41) is 11.8. The van der Waals surface area contributed by atoms with Crippen molar-refractivity contribution in [3.63, 3.8) is 0 Å². The lowest BCUT2D eigenvalue weighted by molar-refractivity contribution is 0.475. The van der Waals surface area contributed by atoms with Gasteiger partial charge in [-0.15, -0.1) is 0 Å². The molecule has 0 fully saturated rings. The molecule has 0 spiro atoms. The highest BCUT2D eigenvalue weighted by molar-refractivity contribution is 6.10. The van der Waals surface area contributed by atoms with Gasteiger partial charge in [0, 0.05) is 34.5 Å². The molecule has 1 aromatic heterocycles. The minimum absolute atomic E-state index is 0.280. The van der Waals surface area contributed by atoms with Crippen molar-refractivity contribution < 1.29 is 5.11 Å². The predicted octanol–water partition coefficient (Wildman–Crippen LogP) is 4.29. The van der Waals surface area contributed by atoms with Gasteiger partial charge >= 0.3 is 0 Å². The van der Waals surface area contributed by atoms with Gasteiger partial charge in [0.2, 0.25) is 0 Å². The number of phenols is 1. The lowest BCUT2D eigenvalue weighted by atomic mass is 10.0. The maximum atomic E-state index is 9.43. The third kappa shape index (κ3) is 1.83. The van der Waals surface area contributed by atoms with Gasteiger partial charge in [-0.1, -0.05) is 18.2 Å². The Morgan fingerprint density at radius 1 is 0.773 bits per heavy atom. The Bertz CT molecular complexity index is 997. The van der Waals surface area contributed by atoms with E-state index in [9.17, 15) is 5.11 Å². The molecule has 0 aliphatic heterocycles. The first-order chi connectivity index (χ1) is 10.6. The van der Waals surface area contributed by atoms with E-state index in [-0.39, 0.29) is 5.75 Å². The normalized spacial score (nSPS) is 11.3. The van der Waals surface area contributed by atoms with Crippen LogP contribution in [0.2, 0.25) is 0 Å². The topological polar surface area (TPSA) is 51.2 Å². The molecular formula is C19H16N2O. The van der Waals surface area contributed by atoms with Crippen LogP contribution in [-0.2, 0) is 7.05 Å². The second kappa shape index (κ2) is 4.53. The Morgan fingerprint density at radius 3 is 2.09 bits per heavy atom. The van der Waals surface area contributed by atoms with Crippen LogP contribution in [0.5, 0.6) is 5.75 Å². The summed E-state index contributed by atoms with van der Waals surface area (Å²) in [5.74, 6) is 0.280. The van der Waals surface area contributed by atoms with Crippen LogP contribution in [-0.4, -0.2) is 9.67 Å². The minimum atomic E-state index is 0.280. The average Bonchev–Trinajstić information content (AvgIpc) is 2.80. The van der Waals surface area contributed by atoms with Crippen LogP contribution in [0.4, 0.5) is 5.69 Å². The minimum Gasteiger partial charge on any atom is -0.508 e. The molecule has 4 aromatic rings. The number of hydrogen-bond donors (Lipinski definition) is 2. The van der Waals surface area contributed by atoms with Gasteiger partial charge < -0.3 is 15.4 Å². The monoisotopic (exact) mass is 288 g/mol. The highest BCUT2D eigenvalue weighted by Gasteiger charge is 2.09. The Labute approximate surface area is 128 Å². The number of fused-ring (bicyclic) bond motifs is 3. The number of benzene rings is 3. The molecule has 108 valence electrons. The summed E-state index contributed by atoms with van der Waals surface area (Å²) in [6.45, 7) is 0. The predicted molar refractivity (Wildman–Crippen MR) is 91.9 cm³/mol. The van der Waals surface area contributed by atoms with E-state index < -0.39 is 0 Å². The molecule has 22 heavy (non-hydrogen) atoms. The quantitative estimate of drug-likeness (QED) is 0.513. The molecule has 0 saturated heterocycles. The fourth-order valence-corrected chi connectivity index (χ4v) is 3.07. The standard InChI is InChI=1S/C19H16N2O/c1-21-18-8-4-13(12-2-6-15(22)7-3-12)10-16(18)17-11-14(20)5-9-19(17)21/h2-11,22H,20H2,1H3. The second-order valence-electron chi connectivity index (χ2n) is 5.61. The molecule has 3 nitrogen and oxygen atoms in total. The summed E-state index contributed by atoms with van der Waals surface area (Å²) in [6.07, 6.45) is 0. The van der Waals surface area contributed by atoms with Crippen molar-refractivity contribution in [1.82, 2.24) is 4.57 Å². The van der Waals surface area contributed by atoms with Crippen LogP contribution < -0.4 is 5.73 Å². The van der Waals surface area contributed by atoms with Gasteiger partial charge in [0.05, 0.1) is 0 Å². The summed E-state index contributed by atoms with van der Waals surface area (Å²) < 4.78 is 2.19. The maximum Gasteiger partial charge on any atom is 0.115 e. The molecule has 0 amide bonds. The highest BCUT2D eigenvalue weighted by atomic mass is 16.3. The van der Waals surface area contributed by atoms with E-state index in [4.69, 9.17) is 5.73 Å². The average molecular weight is 288 g/mol. The van der Waals surface area contributed by atoms with Gasteiger partial charge in [0.15, 0.2) is 0 Å². The highest BCUT2D eigenvalue weighted by Crippen LogP contribution is 2.33. The van der Waals surface area contributed by atoms with Crippen LogP contribution in [0.15, 0.2) is 60.7 Å². The Kier molecular flexibility index (Phi) is 2.63. The molecule has 3 aromatic carbocycles. The summed E-state index contributed by atoms with van der Waals surface area (Å²) in [5.41, 5.74) is 11.3. The fraction of sp³-hybridized carbons (Fsp3) is 0.0526. The number of nitrogens with two attached hydrogens (primary N) is 1. The first-order valence-electron chi connectivity index (χ1n) is 7.20. The first-order valence-corrected chi connectivity index (χ1v) is 7.20. The number of nitrogens with zero attached hydrogens (tertiary/aromatic N) is 1. The summed E-state index contributed by atoms with van der Waals surface area (Å²) in [7, 11) is 2.07. The van der Waals surface area contributed by atoms with E-state index in [2.05, 4.69) is 35.9 Å². The lowest BCUT2D eigenvalue weighted by Gasteiger charge is -2.03. The molecule has 0 unspecified atom stereocenters. The van der Waals surface area contributed by atoms with Crippen LogP contribution in [0.3, 0.4) is 0 Å². The van der Waals surface area contributed by atoms with Crippen molar-refractivity contribution >= 4 is 27.5 Å².